The Balaban J connectivity index is 1.55. The number of nitrogens with zero attached hydrogens (tertiary/aromatic N) is 4. The van der Waals surface area contributed by atoms with Crippen molar-refractivity contribution in [1.82, 2.24) is 19.0 Å². The molecule has 0 spiro atoms. The average molecular weight is 522 g/mol. The van der Waals surface area contributed by atoms with E-state index in [2.05, 4.69) is 4.98 Å². The first-order valence-corrected chi connectivity index (χ1v) is 12.2. The Hall–Kier alpha value is -3.42. The number of carbonyl (C=O) groups is 1. The van der Waals surface area contributed by atoms with Crippen molar-refractivity contribution in [2.24, 2.45) is 0 Å². The summed E-state index contributed by atoms with van der Waals surface area (Å²) in [5.74, 6) is -3.31. The van der Waals surface area contributed by atoms with Gasteiger partial charge in [0.05, 0.1) is 18.1 Å². The van der Waals surface area contributed by atoms with Crippen molar-refractivity contribution in [1.29, 1.82) is 0 Å². The molecule has 1 atom stereocenters. The smallest absolute Gasteiger partial charge is 0.313 e. The largest absolute Gasteiger partial charge is 0.490 e. The minimum atomic E-state index is -10.2. The van der Waals surface area contributed by atoms with Crippen molar-refractivity contribution >= 4 is 16.1 Å². The zero-order chi connectivity index (χ0) is 25.8. The number of hydrogen-bond donors (Lipinski definition) is 0. The van der Waals surface area contributed by atoms with Crippen molar-refractivity contribution in [3.8, 4) is 11.4 Å². The molecule has 3 heterocycles. The Bertz CT molecular complexity index is 1390. The van der Waals surface area contributed by atoms with Gasteiger partial charge in [0.25, 0.3) is 11.5 Å². The van der Waals surface area contributed by atoms with E-state index in [0.29, 0.717) is 17.8 Å². The van der Waals surface area contributed by atoms with Gasteiger partial charge in [0.15, 0.2) is 4.90 Å². The summed E-state index contributed by atoms with van der Waals surface area (Å²) in [6.45, 7) is 2.76. The van der Waals surface area contributed by atoms with E-state index in [-0.39, 0.29) is 30.5 Å². The van der Waals surface area contributed by atoms with Gasteiger partial charge < -0.3 is 18.8 Å². The summed E-state index contributed by atoms with van der Waals surface area (Å²) in [6.07, 6.45) is 3.11. The summed E-state index contributed by atoms with van der Waals surface area (Å²) in [5, 5.41) is 0. The zero-order valence-electron chi connectivity index (χ0n) is 18.4. The molecule has 0 aliphatic carbocycles. The molecule has 35 heavy (non-hydrogen) atoms. The van der Waals surface area contributed by atoms with Crippen molar-refractivity contribution in [3.05, 3.63) is 70.4 Å². The first-order valence-electron chi connectivity index (χ1n) is 10.3. The van der Waals surface area contributed by atoms with Gasteiger partial charge >= 0.3 is 10.2 Å². The number of rotatable bonds is 6. The van der Waals surface area contributed by atoms with Crippen LogP contribution in [0.4, 0.5) is 23.8 Å². The van der Waals surface area contributed by atoms with Gasteiger partial charge in [-0.05, 0) is 38.1 Å². The molecule has 0 unspecified atom stereocenters. The summed E-state index contributed by atoms with van der Waals surface area (Å²) in [7, 11) is -10.2. The first kappa shape index (κ1) is 24.7. The average Bonchev–Trinajstić information content (AvgIpc) is 3.18. The summed E-state index contributed by atoms with van der Waals surface area (Å²) in [6, 6.07) is 2.79. The Morgan fingerprint density at radius 1 is 1.09 bits per heavy atom. The predicted molar refractivity (Wildman–Crippen MR) is 116 cm³/mol. The van der Waals surface area contributed by atoms with E-state index in [1.165, 1.54) is 39.4 Å². The van der Waals surface area contributed by atoms with Crippen LogP contribution in [0.25, 0.3) is 5.69 Å². The zero-order valence-corrected chi connectivity index (χ0v) is 19.2. The quantitative estimate of drug-likeness (QED) is 0.425. The van der Waals surface area contributed by atoms with Gasteiger partial charge in [-0.25, -0.2) is 9.37 Å². The van der Waals surface area contributed by atoms with Crippen molar-refractivity contribution in [3.63, 3.8) is 0 Å². The first-order chi connectivity index (χ1) is 16.0. The lowest BCUT2D eigenvalue weighted by molar-refractivity contribution is 0.0567. The maximum absolute atomic E-state index is 13.3. The minimum absolute atomic E-state index is 0.0283. The normalized spacial score (nSPS) is 16.9. The number of ether oxygens (including phenoxy) is 1. The summed E-state index contributed by atoms with van der Waals surface area (Å²) >= 11 is 0. The maximum Gasteiger partial charge on any atom is 0.313 e. The van der Waals surface area contributed by atoms with Gasteiger partial charge in [-0.2, -0.15) is 0 Å². The molecule has 0 fully saturated rings. The van der Waals surface area contributed by atoms with Gasteiger partial charge in [-0.15, -0.1) is 0 Å². The Morgan fingerprint density at radius 3 is 2.43 bits per heavy atom. The molecule has 7 nitrogen and oxygen atoms in total. The molecule has 1 aliphatic heterocycles. The number of halogens is 6. The van der Waals surface area contributed by atoms with Gasteiger partial charge in [-0.3, -0.25) is 9.59 Å². The van der Waals surface area contributed by atoms with E-state index in [9.17, 15) is 33.4 Å². The fourth-order valence-corrected chi connectivity index (χ4v) is 4.65. The molecule has 1 amide bonds. The second kappa shape index (κ2) is 7.54. The molecule has 1 aromatic carbocycles. The van der Waals surface area contributed by atoms with Gasteiger partial charge in [-0.1, -0.05) is 19.4 Å². The highest BCUT2D eigenvalue weighted by Crippen LogP contribution is 3.03. The number of aromatic nitrogens is 3. The third-order valence-electron chi connectivity index (χ3n) is 5.52. The Labute approximate surface area is 195 Å². The van der Waals surface area contributed by atoms with Gasteiger partial charge in [0, 0.05) is 25.4 Å². The van der Waals surface area contributed by atoms with Crippen molar-refractivity contribution in [2.45, 2.75) is 31.3 Å². The van der Waals surface area contributed by atoms with Crippen molar-refractivity contribution < 1.29 is 33.4 Å². The fraction of sp³-hybridized carbons (Fsp3) is 0.286. The van der Waals surface area contributed by atoms with Crippen LogP contribution in [0.15, 0.2) is 52.5 Å². The Morgan fingerprint density at radius 2 is 1.80 bits per heavy atom. The lowest BCUT2D eigenvalue weighted by atomic mass is 10.2. The Kier molecular flexibility index (Phi) is 5.32. The SMILES string of the molecule is Cc1cn(-c2ccc3n(c2=O)CCN([C@@H](C)COc2ccc(F)cc2S(F)(F)(F)(F)F)C3=O)cn1. The van der Waals surface area contributed by atoms with Crippen molar-refractivity contribution in [2.75, 3.05) is 13.2 Å². The number of hydrogen-bond acceptors (Lipinski definition) is 4. The maximum atomic E-state index is 13.3. The third-order valence-corrected chi connectivity index (χ3v) is 6.67. The minimum Gasteiger partial charge on any atom is -0.490 e. The summed E-state index contributed by atoms with van der Waals surface area (Å²) in [4.78, 5) is 28.7. The molecule has 0 saturated heterocycles. The molecule has 0 radical (unpaired) electrons. The second-order valence-corrected chi connectivity index (χ2v) is 10.6. The molecule has 190 valence electrons. The molecular weight excluding hydrogens is 502 g/mol. The van der Waals surface area contributed by atoms with Crippen LogP contribution in [0.1, 0.15) is 23.1 Å². The lowest BCUT2D eigenvalue weighted by Crippen LogP contribution is -2.50. The standard InChI is InChI=1S/C21H20F6N4O3S/c1-13-10-29(12-28-13)16-4-5-17-21(33)30(7-8-31(17)20(16)32)14(2)11-34-18-6-3-15(22)9-19(18)35(23,24,25,26)27/h3-6,9-10,12,14H,7-8,11H2,1-2H3/t14-/m0/s1. The van der Waals surface area contributed by atoms with E-state index in [1.54, 1.807) is 13.1 Å². The number of amides is 1. The summed E-state index contributed by atoms with van der Waals surface area (Å²) in [5.41, 5.74) is 0.608. The van der Waals surface area contributed by atoms with Crippen LogP contribution in [-0.4, -0.2) is 44.1 Å². The number of benzene rings is 1. The van der Waals surface area contributed by atoms with E-state index < -0.39 is 50.8 Å². The van der Waals surface area contributed by atoms with Crippen LogP contribution in [0, 0.1) is 12.7 Å². The molecular formula is C21H20F6N4O3S. The number of fused-ring (bicyclic) bond motifs is 1. The topological polar surface area (TPSA) is 69.4 Å². The molecule has 0 saturated carbocycles. The molecule has 1 aliphatic rings. The highest BCUT2D eigenvalue weighted by atomic mass is 32.5. The predicted octanol–water partition coefficient (Wildman–Crippen LogP) is 5.06. The number of imidazole rings is 1. The third kappa shape index (κ3) is 4.88. The van der Waals surface area contributed by atoms with Crippen LogP contribution >= 0.6 is 10.2 Å². The highest BCUT2D eigenvalue weighted by Gasteiger charge is 2.67. The van der Waals surface area contributed by atoms with Crippen LogP contribution in [0.3, 0.4) is 0 Å². The van der Waals surface area contributed by atoms with Crippen LogP contribution < -0.4 is 10.3 Å². The lowest BCUT2D eigenvalue weighted by Gasteiger charge is -2.41. The monoisotopic (exact) mass is 522 g/mol. The van der Waals surface area contributed by atoms with E-state index in [0.717, 1.165) is 0 Å². The highest BCUT2D eigenvalue weighted by molar-refractivity contribution is 8.45. The molecule has 3 aromatic rings. The van der Waals surface area contributed by atoms with Gasteiger partial charge in [0.2, 0.25) is 0 Å². The van der Waals surface area contributed by atoms with E-state index in [4.69, 9.17) is 4.74 Å². The fourth-order valence-electron chi connectivity index (χ4n) is 3.80. The van der Waals surface area contributed by atoms with Crippen LogP contribution in [-0.2, 0) is 6.54 Å². The number of carbonyl (C=O) groups excluding carboxylic acids is 1. The summed E-state index contributed by atoms with van der Waals surface area (Å²) < 4.78 is 87.8. The molecule has 4 rings (SSSR count). The number of aryl methyl sites for hydroxylation is 1. The van der Waals surface area contributed by atoms with E-state index >= 15 is 0 Å². The number of pyridine rings is 1. The molecule has 14 heteroatoms. The van der Waals surface area contributed by atoms with Gasteiger partial charge in [0.1, 0.15) is 29.6 Å². The molecule has 0 N–H and O–H groups in total. The molecule has 2 aromatic heterocycles. The van der Waals surface area contributed by atoms with Crippen LogP contribution in [0.5, 0.6) is 5.75 Å². The second-order valence-electron chi connectivity index (χ2n) is 8.20. The van der Waals surface area contributed by atoms with Crippen LogP contribution in [0.2, 0.25) is 0 Å². The van der Waals surface area contributed by atoms with E-state index in [1.807, 2.05) is 0 Å². The molecule has 0 bridgehead atoms.